The molecule has 2 rings (SSSR count). The van der Waals surface area contributed by atoms with E-state index in [-0.39, 0.29) is 12.2 Å². The van der Waals surface area contributed by atoms with E-state index < -0.39 is 5.97 Å². The fourth-order valence-corrected chi connectivity index (χ4v) is 2.49. The Morgan fingerprint density at radius 2 is 2.05 bits per heavy atom. The van der Waals surface area contributed by atoms with E-state index in [2.05, 4.69) is 31.2 Å². The lowest BCUT2D eigenvalue weighted by atomic mass is 10.2. The molecule has 6 nitrogen and oxygen atoms in total. The number of carbonyl (C=O) groups is 1. The molecule has 0 radical (unpaired) electrons. The minimum Gasteiger partial charge on any atom is -0.495 e. The second kappa shape index (κ2) is 7.22. The van der Waals surface area contributed by atoms with Crippen LogP contribution in [-0.4, -0.2) is 29.7 Å². The number of ether oxygens (including phenoxy) is 2. The van der Waals surface area contributed by atoms with Crippen LogP contribution in [0.5, 0.6) is 5.75 Å². The number of hydrogen-bond donors (Lipinski definition) is 1. The number of rotatable bonds is 5. The third-order valence-corrected chi connectivity index (χ3v) is 3.39. The fraction of sp³-hybridized carbons (Fsp3) is 0.267. The van der Waals surface area contributed by atoms with Gasteiger partial charge in [0.1, 0.15) is 27.6 Å². The first-order valence-electron chi connectivity index (χ1n) is 6.68. The summed E-state index contributed by atoms with van der Waals surface area (Å²) < 4.78 is 10.7. The average Bonchev–Trinajstić information content (AvgIpc) is 2.47. The summed E-state index contributed by atoms with van der Waals surface area (Å²) in [5.41, 5.74) is 0.943. The van der Waals surface area contributed by atoms with E-state index in [1.165, 1.54) is 0 Å². The molecule has 0 spiro atoms. The Bertz CT molecular complexity index is 692. The number of benzene rings is 1. The number of para-hydroxylation sites is 2. The summed E-state index contributed by atoms with van der Waals surface area (Å²) in [6.07, 6.45) is 0. The van der Waals surface area contributed by atoms with Crippen molar-refractivity contribution in [2.75, 3.05) is 19.0 Å². The summed E-state index contributed by atoms with van der Waals surface area (Å²) in [6, 6.07) is 7.37. The maximum absolute atomic E-state index is 12.1. The average molecular weight is 366 g/mol. The van der Waals surface area contributed by atoms with E-state index in [0.29, 0.717) is 27.7 Å². The maximum Gasteiger partial charge on any atom is 0.344 e. The number of nitrogens with zero attached hydrogens (tertiary/aromatic N) is 2. The maximum atomic E-state index is 12.1. The van der Waals surface area contributed by atoms with Crippen LogP contribution in [0.1, 0.15) is 23.1 Å². The lowest BCUT2D eigenvalue weighted by Crippen LogP contribution is -2.12. The molecule has 0 unspecified atom stereocenters. The highest BCUT2D eigenvalue weighted by atomic mass is 79.9. The summed E-state index contributed by atoms with van der Waals surface area (Å²) in [4.78, 5) is 20.6. The lowest BCUT2D eigenvalue weighted by Gasteiger charge is -2.14. The van der Waals surface area contributed by atoms with Gasteiger partial charge >= 0.3 is 5.97 Å². The number of aromatic nitrogens is 2. The van der Waals surface area contributed by atoms with Crippen molar-refractivity contribution in [2.24, 2.45) is 0 Å². The molecule has 2 aromatic rings. The molecular weight excluding hydrogens is 350 g/mol. The molecule has 0 saturated heterocycles. The molecule has 0 amide bonds. The largest absolute Gasteiger partial charge is 0.495 e. The molecule has 0 bridgehead atoms. The molecule has 1 N–H and O–H groups in total. The Morgan fingerprint density at radius 1 is 1.32 bits per heavy atom. The van der Waals surface area contributed by atoms with E-state index in [1.54, 1.807) is 21.0 Å². The first-order chi connectivity index (χ1) is 10.6. The molecule has 22 heavy (non-hydrogen) atoms. The van der Waals surface area contributed by atoms with Gasteiger partial charge in [0, 0.05) is 0 Å². The van der Waals surface area contributed by atoms with Gasteiger partial charge in [-0.1, -0.05) is 12.1 Å². The van der Waals surface area contributed by atoms with Crippen molar-refractivity contribution in [2.45, 2.75) is 13.8 Å². The van der Waals surface area contributed by atoms with Crippen LogP contribution < -0.4 is 10.1 Å². The zero-order valence-electron chi connectivity index (χ0n) is 12.5. The topological polar surface area (TPSA) is 73.3 Å². The summed E-state index contributed by atoms with van der Waals surface area (Å²) in [5.74, 6) is 1.04. The van der Waals surface area contributed by atoms with Crippen LogP contribution in [0.4, 0.5) is 11.5 Å². The molecule has 1 aromatic heterocycles. The van der Waals surface area contributed by atoms with Crippen molar-refractivity contribution < 1.29 is 14.3 Å². The van der Waals surface area contributed by atoms with Crippen LogP contribution in [-0.2, 0) is 4.74 Å². The van der Waals surface area contributed by atoms with Gasteiger partial charge in [0.2, 0.25) is 0 Å². The molecule has 1 heterocycles. The summed E-state index contributed by atoms with van der Waals surface area (Å²) in [5, 5.41) is 3.11. The van der Waals surface area contributed by atoms with Gasteiger partial charge in [0.05, 0.1) is 19.4 Å². The van der Waals surface area contributed by atoms with E-state index in [9.17, 15) is 4.79 Å². The van der Waals surface area contributed by atoms with Crippen molar-refractivity contribution in [3.05, 3.63) is 40.3 Å². The second-order valence-electron chi connectivity index (χ2n) is 4.33. The molecule has 7 heteroatoms. The van der Waals surface area contributed by atoms with Crippen LogP contribution >= 0.6 is 15.9 Å². The third kappa shape index (κ3) is 3.54. The van der Waals surface area contributed by atoms with Crippen LogP contribution in [0.15, 0.2) is 28.9 Å². The number of esters is 1. The van der Waals surface area contributed by atoms with Gasteiger partial charge < -0.3 is 14.8 Å². The fourth-order valence-electron chi connectivity index (χ4n) is 1.89. The van der Waals surface area contributed by atoms with Crippen molar-refractivity contribution in [3.63, 3.8) is 0 Å². The van der Waals surface area contributed by atoms with Crippen molar-refractivity contribution in [1.82, 2.24) is 9.97 Å². The minimum absolute atomic E-state index is 0.248. The van der Waals surface area contributed by atoms with E-state index in [4.69, 9.17) is 9.47 Å². The van der Waals surface area contributed by atoms with Gasteiger partial charge in [-0.25, -0.2) is 14.8 Å². The summed E-state index contributed by atoms with van der Waals surface area (Å²) in [6.45, 7) is 3.76. The molecule has 1 aromatic carbocycles. The second-order valence-corrected chi connectivity index (χ2v) is 5.08. The number of carbonyl (C=O) groups excluding carboxylic acids is 1. The van der Waals surface area contributed by atoms with Crippen molar-refractivity contribution >= 4 is 33.4 Å². The molecule has 116 valence electrons. The molecule has 0 fully saturated rings. The van der Waals surface area contributed by atoms with Crippen LogP contribution in [0.3, 0.4) is 0 Å². The Kier molecular flexibility index (Phi) is 5.32. The number of hydrogen-bond acceptors (Lipinski definition) is 6. The Balaban J connectivity index is 2.47. The third-order valence-electron chi connectivity index (χ3n) is 2.82. The molecular formula is C15H16BrN3O3. The van der Waals surface area contributed by atoms with Crippen LogP contribution in [0.25, 0.3) is 0 Å². The zero-order valence-corrected chi connectivity index (χ0v) is 14.1. The standard InChI is InChI=1S/C15H16BrN3O3/c1-4-22-15(20)12-13(16)17-9(2)18-14(12)19-10-7-5-6-8-11(10)21-3/h5-8H,4H2,1-3H3,(H,17,18,19). The zero-order chi connectivity index (χ0) is 16.1. The Morgan fingerprint density at radius 3 is 2.73 bits per heavy atom. The van der Waals surface area contributed by atoms with Crippen LogP contribution in [0.2, 0.25) is 0 Å². The molecule has 0 aliphatic heterocycles. The first-order valence-corrected chi connectivity index (χ1v) is 7.47. The molecule has 0 atom stereocenters. The molecule has 0 aliphatic rings. The van der Waals surface area contributed by atoms with Gasteiger partial charge in [-0.05, 0) is 41.9 Å². The lowest BCUT2D eigenvalue weighted by molar-refractivity contribution is 0.0525. The normalized spacial score (nSPS) is 10.2. The smallest absolute Gasteiger partial charge is 0.344 e. The molecule has 0 saturated carbocycles. The van der Waals surface area contributed by atoms with Gasteiger partial charge in [0.25, 0.3) is 0 Å². The van der Waals surface area contributed by atoms with E-state index in [0.717, 1.165) is 0 Å². The van der Waals surface area contributed by atoms with Gasteiger partial charge in [-0.2, -0.15) is 0 Å². The quantitative estimate of drug-likeness (QED) is 0.645. The van der Waals surface area contributed by atoms with Gasteiger partial charge in [0.15, 0.2) is 0 Å². The Labute approximate surface area is 137 Å². The van der Waals surface area contributed by atoms with Gasteiger partial charge in [-0.3, -0.25) is 0 Å². The highest BCUT2D eigenvalue weighted by Gasteiger charge is 2.21. The number of nitrogens with one attached hydrogen (secondary N) is 1. The van der Waals surface area contributed by atoms with Crippen LogP contribution in [0, 0.1) is 6.92 Å². The number of halogens is 1. The number of anilines is 2. The highest BCUT2D eigenvalue weighted by molar-refractivity contribution is 9.10. The number of aryl methyl sites for hydroxylation is 1. The molecule has 0 aliphatic carbocycles. The summed E-state index contributed by atoms with van der Waals surface area (Å²) >= 11 is 3.29. The predicted molar refractivity (Wildman–Crippen MR) is 86.7 cm³/mol. The summed E-state index contributed by atoms with van der Waals surface area (Å²) in [7, 11) is 1.58. The van der Waals surface area contributed by atoms with Crippen molar-refractivity contribution in [3.8, 4) is 5.75 Å². The van der Waals surface area contributed by atoms with E-state index >= 15 is 0 Å². The highest BCUT2D eigenvalue weighted by Crippen LogP contribution is 2.30. The Hall–Kier alpha value is -2.15. The van der Waals surface area contributed by atoms with Gasteiger partial charge in [-0.15, -0.1) is 0 Å². The minimum atomic E-state index is -0.494. The predicted octanol–water partition coefficient (Wildman–Crippen LogP) is 3.48. The number of methoxy groups -OCH3 is 1. The van der Waals surface area contributed by atoms with Crippen molar-refractivity contribution in [1.29, 1.82) is 0 Å². The first kappa shape index (κ1) is 16.2. The SMILES string of the molecule is CCOC(=O)c1c(Br)nc(C)nc1Nc1ccccc1OC. The monoisotopic (exact) mass is 365 g/mol. The van der Waals surface area contributed by atoms with E-state index in [1.807, 2.05) is 24.3 Å².